The number of carbonyl (C=O) groups excluding carboxylic acids is 1. The van der Waals surface area contributed by atoms with Crippen LogP contribution in [0.2, 0.25) is 5.02 Å². The number of carbonyl (C=O) groups is 1. The largest absolute Gasteiger partial charge is 0.338 e. The summed E-state index contributed by atoms with van der Waals surface area (Å²) in [6, 6.07) is 15.7. The summed E-state index contributed by atoms with van der Waals surface area (Å²) in [6.45, 7) is 10.5. The molecule has 7 nitrogen and oxygen atoms in total. The smallest absolute Gasteiger partial charge is 0.223 e. The number of amides is 1. The highest BCUT2D eigenvalue weighted by Crippen LogP contribution is 2.30. The van der Waals surface area contributed by atoms with E-state index >= 15 is 0 Å². The van der Waals surface area contributed by atoms with E-state index in [9.17, 15) is 4.79 Å². The van der Waals surface area contributed by atoms with Crippen molar-refractivity contribution in [2.45, 2.75) is 40.2 Å². The molecule has 0 spiro atoms. The predicted molar refractivity (Wildman–Crippen MR) is 136 cm³/mol. The topological polar surface area (TPSA) is 66.6 Å². The average Bonchev–Trinajstić information content (AvgIpc) is 3.23. The zero-order chi connectivity index (χ0) is 24.0. The van der Waals surface area contributed by atoms with E-state index in [1.165, 1.54) is 0 Å². The van der Waals surface area contributed by atoms with Crippen molar-refractivity contribution in [2.24, 2.45) is 5.41 Å². The van der Waals surface area contributed by atoms with Crippen LogP contribution < -0.4 is 4.90 Å². The van der Waals surface area contributed by atoms with E-state index in [4.69, 9.17) is 16.6 Å². The van der Waals surface area contributed by atoms with Gasteiger partial charge in [-0.2, -0.15) is 0 Å². The maximum atomic E-state index is 12.9. The Kier molecular flexibility index (Phi) is 5.68. The summed E-state index contributed by atoms with van der Waals surface area (Å²) in [5, 5.41) is 10.7. The van der Waals surface area contributed by atoms with Crippen molar-refractivity contribution < 1.29 is 4.79 Å². The van der Waals surface area contributed by atoms with Gasteiger partial charge >= 0.3 is 0 Å². The molecule has 2 aromatic carbocycles. The van der Waals surface area contributed by atoms with Crippen LogP contribution in [0.15, 0.2) is 48.5 Å². The summed E-state index contributed by atoms with van der Waals surface area (Å²) in [5.74, 6) is 1.72. The molecule has 1 fully saturated rings. The van der Waals surface area contributed by atoms with E-state index in [2.05, 4.69) is 42.8 Å². The van der Waals surface area contributed by atoms with Gasteiger partial charge in [0.1, 0.15) is 0 Å². The average molecular weight is 477 g/mol. The van der Waals surface area contributed by atoms with Gasteiger partial charge in [0.05, 0.1) is 5.52 Å². The zero-order valence-electron chi connectivity index (χ0n) is 20.0. The Morgan fingerprint density at radius 3 is 2.50 bits per heavy atom. The van der Waals surface area contributed by atoms with Gasteiger partial charge in [0.15, 0.2) is 11.5 Å². The summed E-state index contributed by atoms with van der Waals surface area (Å²) >= 11 is 6.12. The highest BCUT2D eigenvalue weighted by molar-refractivity contribution is 6.30. The molecule has 0 radical (unpaired) electrons. The van der Waals surface area contributed by atoms with E-state index in [-0.39, 0.29) is 17.4 Å². The number of nitrogens with zero attached hydrogens (tertiary/aromatic N) is 6. The van der Waals surface area contributed by atoms with Crippen LogP contribution in [-0.2, 0) is 4.79 Å². The Balaban J connectivity index is 1.57. The second-order valence-electron chi connectivity index (χ2n) is 10.2. The summed E-state index contributed by atoms with van der Waals surface area (Å²) in [5.41, 5.74) is 2.53. The SMILES string of the molecule is CC1CN(c2nc3ccccc3c3nnc(-c4ccc(Cl)cc4)n23)CCN1C(=O)CC(C)(C)C. The number of halogens is 1. The van der Waals surface area contributed by atoms with Crippen molar-refractivity contribution in [1.29, 1.82) is 0 Å². The van der Waals surface area contributed by atoms with Crippen LogP contribution >= 0.6 is 11.6 Å². The number of hydrogen-bond acceptors (Lipinski definition) is 5. The molecule has 1 amide bonds. The van der Waals surface area contributed by atoms with Gasteiger partial charge in [-0.25, -0.2) is 9.38 Å². The normalized spacial score (nSPS) is 17.0. The number of fused-ring (bicyclic) bond motifs is 3. The Labute approximate surface area is 204 Å². The van der Waals surface area contributed by atoms with E-state index in [0.29, 0.717) is 31.1 Å². The molecule has 0 saturated carbocycles. The zero-order valence-corrected chi connectivity index (χ0v) is 20.8. The second-order valence-corrected chi connectivity index (χ2v) is 10.7. The quantitative estimate of drug-likeness (QED) is 0.413. The van der Waals surface area contributed by atoms with E-state index in [1.54, 1.807) is 0 Å². The minimum absolute atomic E-state index is 0.0318. The van der Waals surface area contributed by atoms with Gasteiger partial charge in [-0.3, -0.25) is 4.79 Å². The summed E-state index contributed by atoms with van der Waals surface area (Å²) in [6.07, 6.45) is 0.544. The fraction of sp³-hybridized carbons (Fsp3) is 0.385. The van der Waals surface area contributed by atoms with Gasteiger partial charge in [0, 0.05) is 48.1 Å². The number of benzene rings is 2. The highest BCUT2D eigenvalue weighted by atomic mass is 35.5. The minimum atomic E-state index is -0.0318. The first kappa shape index (κ1) is 22.6. The molecule has 8 heteroatoms. The maximum Gasteiger partial charge on any atom is 0.223 e. The number of rotatable bonds is 3. The van der Waals surface area contributed by atoms with Crippen molar-refractivity contribution >= 4 is 40.0 Å². The first-order valence-corrected chi connectivity index (χ1v) is 12.0. The van der Waals surface area contributed by atoms with Gasteiger partial charge in [0.25, 0.3) is 0 Å². The molecule has 5 rings (SSSR count). The van der Waals surface area contributed by atoms with Gasteiger partial charge < -0.3 is 9.80 Å². The van der Waals surface area contributed by atoms with Gasteiger partial charge in [0.2, 0.25) is 11.9 Å². The maximum absolute atomic E-state index is 12.9. The molecule has 0 aliphatic carbocycles. The van der Waals surface area contributed by atoms with E-state index in [1.807, 2.05) is 57.8 Å². The van der Waals surface area contributed by atoms with Crippen LogP contribution in [0.4, 0.5) is 5.95 Å². The van der Waals surface area contributed by atoms with Crippen LogP contribution in [0.5, 0.6) is 0 Å². The van der Waals surface area contributed by atoms with Crippen molar-refractivity contribution in [3.05, 3.63) is 53.6 Å². The predicted octanol–water partition coefficient (Wildman–Crippen LogP) is 5.07. The van der Waals surface area contributed by atoms with Crippen molar-refractivity contribution in [1.82, 2.24) is 24.5 Å². The molecule has 1 unspecified atom stereocenters. The Hall–Kier alpha value is -3.19. The fourth-order valence-electron chi connectivity index (χ4n) is 4.63. The molecule has 34 heavy (non-hydrogen) atoms. The third-order valence-electron chi connectivity index (χ3n) is 6.24. The molecule has 1 aliphatic heterocycles. The lowest BCUT2D eigenvalue weighted by Gasteiger charge is -2.41. The van der Waals surface area contributed by atoms with Crippen molar-refractivity contribution in [3.8, 4) is 11.4 Å². The third-order valence-corrected chi connectivity index (χ3v) is 6.50. The molecule has 1 saturated heterocycles. The molecule has 4 aromatic rings. The third kappa shape index (κ3) is 4.20. The number of piperazine rings is 1. The summed E-state index contributed by atoms with van der Waals surface area (Å²) in [4.78, 5) is 22.2. The van der Waals surface area contributed by atoms with Gasteiger partial charge in [-0.05, 0) is 48.7 Å². The Morgan fingerprint density at radius 2 is 1.79 bits per heavy atom. The van der Waals surface area contributed by atoms with Crippen LogP contribution in [0.25, 0.3) is 27.9 Å². The number of para-hydroxylation sites is 1. The molecular formula is C26H29ClN6O. The lowest BCUT2D eigenvalue weighted by molar-refractivity contribution is -0.135. The van der Waals surface area contributed by atoms with Crippen LogP contribution in [0.3, 0.4) is 0 Å². The first-order valence-electron chi connectivity index (χ1n) is 11.7. The van der Waals surface area contributed by atoms with Crippen LogP contribution in [-0.4, -0.2) is 56.1 Å². The Bertz CT molecular complexity index is 1360. The number of anilines is 1. The van der Waals surface area contributed by atoms with E-state index < -0.39 is 0 Å². The first-order chi connectivity index (χ1) is 16.2. The number of aromatic nitrogens is 4. The molecule has 0 N–H and O–H groups in total. The highest BCUT2D eigenvalue weighted by Gasteiger charge is 2.31. The van der Waals surface area contributed by atoms with Gasteiger partial charge in [-0.1, -0.05) is 44.5 Å². The molecular weight excluding hydrogens is 448 g/mol. The monoisotopic (exact) mass is 476 g/mol. The lowest BCUT2D eigenvalue weighted by Crippen LogP contribution is -2.55. The van der Waals surface area contributed by atoms with Gasteiger partial charge in [-0.15, -0.1) is 10.2 Å². The Morgan fingerprint density at radius 1 is 1.06 bits per heavy atom. The molecule has 1 aliphatic rings. The molecule has 0 bridgehead atoms. The van der Waals surface area contributed by atoms with Crippen LogP contribution in [0.1, 0.15) is 34.1 Å². The van der Waals surface area contributed by atoms with Crippen LogP contribution in [0, 0.1) is 5.41 Å². The molecule has 176 valence electrons. The number of hydrogen-bond donors (Lipinski definition) is 0. The van der Waals surface area contributed by atoms with Crippen molar-refractivity contribution in [3.63, 3.8) is 0 Å². The lowest BCUT2D eigenvalue weighted by atomic mass is 9.91. The second kappa shape index (κ2) is 8.55. The summed E-state index contributed by atoms with van der Waals surface area (Å²) < 4.78 is 2.03. The fourth-order valence-corrected chi connectivity index (χ4v) is 4.76. The molecule has 2 aromatic heterocycles. The summed E-state index contributed by atoms with van der Waals surface area (Å²) in [7, 11) is 0. The van der Waals surface area contributed by atoms with E-state index in [0.717, 1.165) is 33.9 Å². The molecule has 1 atom stereocenters. The standard InChI is InChI=1S/C26H29ClN6O/c1-17-16-31(13-14-32(17)22(34)15-26(2,3)4)25-28-21-8-6-5-7-20(21)24-30-29-23(33(24)25)18-9-11-19(27)12-10-18/h5-12,17H,13-16H2,1-4H3. The van der Waals surface area contributed by atoms with Crippen molar-refractivity contribution in [2.75, 3.05) is 24.5 Å². The minimum Gasteiger partial charge on any atom is -0.338 e. The molecule has 3 heterocycles.